The molecule has 0 aliphatic carbocycles. The van der Waals surface area contributed by atoms with Crippen molar-refractivity contribution in [1.29, 1.82) is 0 Å². The fourth-order valence-corrected chi connectivity index (χ4v) is 4.77. The van der Waals surface area contributed by atoms with E-state index in [1.807, 2.05) is 31.2 Å². The minimum Gasteiger partial charge on any atom is -0.493 e. The van der Waals surface area contributed by atoms with Crippen molar-refractivity contribution in [2.75, 3.05) is 32.1 Å². The SMILES string of the molecule is C=CC(=O)N1CC(Oc2cc3c(Nc4cc(-c5cccs5)ccc4OCC)ncnc3cc2OC)C1. The van der Waals surface area contributed by atoms with E-state index >= 15 is 0 Å². The van der Waals surface area contributed by atoms with E-state index in [9.17, 15) is 4.79 Å². The molecule has 3 heterocycles. The van der Waals surface area contributed by atoms with E-state index in [0.29, 0.717) is 42.5 Å². The van der Waals surface area contributed by atoms with Crippen LogP contribution in [0.5, 0.6) is 17.2 Å². The van der Waals surface area contributed by atoms with Crippen LogP contribution >= 0.6 is 11.3 Å². The van der Waals surface area contributed by atoms with Crippen LogP contribution in [0.2, 0.25) is 0 Å². The van der Waals surface area contributed by atoms with Crippen LogP contribution in [0.3, 0.4) is 0 Å². The summed E-state index contributed by atoms with van der Waals surface area (Å²) in [5.41, 5.74) is 2.60. The number of likely N-dealkylation sites (tertiary alicyclic amines) is 1. The molecule has 1 amide bonds. The minimum absolute atomic E-state index is 0.102. The average Bonchev–Trinajstić information content (AvgIpc) is 3.41. The Morgan fingerprint density at radius 3 is 2.78 bits per heavy atom. The molecule has 9 heteroatoms. The summed E-state index contributed by atoms with van der Waals surface area (Å²) < 4.78 is 17.6. The highest BCUT2D eigenvalue weighted by atomic mass is 32.1. The summed E-state index contributed by atoms with van der Waals surface area (Å²) in [7, 11) is 1.59. The molecule has 1 fully saturated rings. The van der Waals surface area contributed by atoms with Crippen molar-refractivity contribution >= 4 is 39.7 Å². The van der Waals surface area contributed by atoms with Crippen LogP contribution in [-0.4, -0.2) is 53.7 Å². The molecule has 36 heavy (non-hydrogen) atoms. The molecule has 0 unspecified atom stereocenters. The minimum atomic E-state index is -0.131. The third-order valence-electron chi connectivity index (χ3n) is 5.89. The van der Waals surface area contributed by atoms with Gasteiger partial charge in [0.1, 0.15) is 24.0 Å². The maximum absolute atomic E-state index is 11.8. The van der Waals surface area contributed by atoms with Crippen molar-refractivity contribution in [2.45, 2.75) is 13.0 Å². The van der Waals surface area contributed by atoms with Crippen LogP contribution in [0.15, 0.2) is 66.8 Å². The van der Waals surface area contributed by atoms with Gasteiger partial charge in [-0.2, -0.15) is 0 Å². The third kappa shape index (κ3) is 4.70. The van der Waals surface area contributed by atoms with Gasteiger partial charge in [0.2, 0.25) is 5.91 Å². The fourth-order valence-electron chi connectivity index (χ4n) is 4.05. The first kappa shape index (κ1) is 23.6. The summed E-state index contributed by atoms with van der Waals surface area (Å²) in [4.78, 5) is 23.6. The third-order valence-corrected chi connectivity index (χ3v) is 6.81. The zero-order chi connectivity index (χ0) is 25.1. The number of fused-ring (bicyclic) bond motifs is 1. The summed E-state index contributed by atoms with van der Waals surface area (Å²) in [5, 5.41) is 6.28. The van der Waals surface area contributed by atoms with Crippen molar-refractivity contribution in [3.63, 3.8) is 0 Å². The Labute approximate surface area is 213 Å². The van der Waals surface area contributed by atoms with Crippen molar-refractivity contribution in [3.05, 3.63) is 66.8 Å². The van der Waals surface area contributed by atoms with Gasteiger partial charge in [-0.15, -0.1) is 11.3 Å². The molecule has 0 radical (unpaired) electrons. The van der Waals surface area contributed by atoms with Gasteiger partial charge in [0, 0.05) is 16.3 Å². The van der Waals surface area contributed by atoms with Crippen molar-refractivity contribution < 1.29 is 19.0 Å². The normalized spacial score (nSPS) is 13.2. The maximum atomic E-state index is 11.8. The van der Waals surface area contributed by atoms with Crippen LogP contribution in [-0.2, 0) is 4.79 Å². The lowest BCUT2D eigenvalue weighted by Gasteiger charge is -2.38. The summed E-state index contributed by atoms with van der Waals surface area (Å²) in [6.07, 6.45) is 2.69. The Kier molecular flexibility index (Phi) is 6.73. The Bertz CT molecular complexity index is 1400. The van der Waals surface area contributed by atoms with Gasteiger partial charge in [-0.3, -0.25) is 4.79 Å². The zero-order valence-corrected chi connectivity index (χ0v) is 20.9. The lowest BCUT2D eigenvalue weighted by atomic mass is 10.1. The summed E-state index contributed by atoms with van der Waals surface area (Å²) in [6, 6.07) is 13.9. The van der Waals surface area contributed by atoms with E-state index in [1.54, 1.807) is 23.3 Å². The molecular formula is C27H26N4O4S. The van der Waals surface area contributed by atoms with E-state index in [1.165, 1.54) is 17.3 Å². The van der Waals surface area contributed by atoms with Crippen molar-refractivity contribution in [2.24, 2.45) is 0 Å². The number of benzene rings is 2. The molecule has 0 bridgehead atoms. The first-order valence-corrected chi connectivity index (χ1v) is 12.5. The fraction of sp³-hybridized carbons (Fsp3) is 0.222. The molecule has 2 aromatic heterocycles. The van der Waals surface area contributed by atoms with Crippen molar-refractivity contribution in [3.8, 4) is 27.7 Å². The number of anilines is 2. The molecule has 1 saturated heterocycles. The number of hydrogen-bond donors (Lipinski definition) is 1. The second-order valence-corrected chi connectivity index (χ2v) is 9.12. The number of thiophene rings is 1. The monoisotopic (exact) mass is 502 g/mol. The number of hydrogen-bond acceptors (Lipinski definition) is 8. The smallest absolute Gasteiger partial charge is 0.246 e. The number of carbonyl (C=O) groups excluding carboxylic acids is 1. The van der Waals surface area contributed by atoms with Crippen LogP contribution in [0.4, 0.5) is 11.5 Å². The molecule has 1 N–H and O–H groups in total. The molecule has 1 aliphatic heterocycles. The average molecular weight is 503 g/mol. The number of aromatic nitrogens is 2. The van der Waals surface area contributed by atoms with Gasteiger partial charge in [0.05, 0.1) is 38.0 Å². The molecule has 5 rings (SSSR count). The molecule has 184 valence electrons. The lowest BCUT2D eigenvalue weighted by molar-refractivity contribution is -0.134. The predicted octanol–water partition coefficient (Wildman–Crippen LogP) is 5.28. The van der Waals surface area contributed by atoms with E-state index in [4.69, 9.17) is 14.2 Å². The van der Waals surface area contributed by atoms with E-state index in [2.05, 4.69) is 45.4 Å². The largest absolute Gasteiger partial charge is 0.493 e. The quantitative estimate of drug-likeness (QED) is 0.312. The molecular weight excluding hydrogens is 476 g/mol. The van der Waals surface area contributed by atoms with Crippen molar-refractivity contribution in [1.82, 2.24) is 14.9 Å². The Morgan fingerprint density at radius 1 is 1.19 bits per heavy atom. The number of methoxy groups -OCH3 is 1. The molecule has 1 aliphatic rings. The summed E-state index contributed by atoms with van der Waals surface area (Å²) in [5.74, 6) is 2.38. The van der Waals surface area contributed by atoms with Gasteiger partial charge in [-0.25, -0.2) is 9.97 Å². The highest BCUT2D eigenvalue weighted by molar-refractivity contribution is 7.13. The number of nitrogens with zero attached hydrogens (tertiary/aromatic N) is 3. The molecule has 0 saturated carbocycles. The number of amides is 1. The lowest BCUT2D eigenvalue weighted by Crippen LogP contribution is -2.55. The number of carbonyl (C=O) groups is 1. The van der Waals surface area contributed by atoms with Gasteiger partial charge in [-0.05, 0) is 54.3 Å². The predicted molar refractivity (Wildman–Crippen MR) is 141 cm³/mol. The van der Waals surface area contributed by atoms with Crippen LogP contribution in [0.1, 0.15) is 6.92 Å². The van der Waals surface area contributed by atoms with Crippen LogP contribution in [0, 0.1) is 0 Å². The molecule has 2 aromatic carbocycles. The molecule has 4 aromatic rings. The summed E-state index contributed by atoms with van der Waals surface area (Å²) in [6.45, 7) is 7.02. The zero-order valence-electron chi connectivity index (χ0n) is 20.1. The van der Waals surface area contributed by atoms with E-state index < -0.39 is 0 Å². The molecule has 8 nitrogen and oxygen atoms in total. The second-order valence-electron chi connectivity index (χ2n) is 8.18. The van der Waals surface area contributed by atoms with Gasteiger partial charge >= 0.3 is 0 Å². The van der Waals surface area contributed by atoms with Gasteiger partial charge in [0.25, 0.3) is 0 Å². The van der Waals surface area contributed by atoms with Crippen LogP contribution < -0.4 is 19.5 Å². The highest BCUT2D eigenvalue weighted by Gasteiger charge is 2.31. The number of rotatable bonds is 9. The van der Waals surface area contributed by atoms with Gasteiger partial charge in [-0.1, -0.05) is 12.6 Å². The Balaban J connectivity index is 1.48. The number of ether oxygens (including phenoxy) is 3. The Morgan fingerprint density at radius 2 is 2.06 bits per heavy atom. The molecule has 0 spiro atoms. The maximum Gasteiger partial charge on any atom is 0.246 e. The topological polar surface area (TPSA) is 85.8 Å². The van der Waals surface area contributed by atoms with Crippen LogP contribution in [0.25, 0.3) is 21.3 Å². The Hall–Kier alpha value is -4.11. The first-order chi connectivity index (χ1) is 17.6. The standard InChI is InChI=1S/C27H26N4O4S/c1-4-26(32)31-14-18(15-31)35-24-12-19-20(13-23(24)33-3)28-16-29-27(19)30-21-11-17(25-7-6-10-36-25)8-9-22(21)34-5-2/h4,6-13,16,18H,1,5,14-15H2,2-3H3,(H,28,29,30). The summed E-state index contributed by atoms with van der Waals surface area (Å²) >= 11 is 1.68. The number of nitrogens with one attached hydrogen (secondary N) is 1. The first-order valence-electron chi connectivity index (χ1n) is 11.6. The highest BCUT2D eigenvalue weighted by Crippen LogP contribution is 2.38. The van der Waals surface area contributed by atoms with Gasteiger partial charge in [0.15, 0.2) is 11.5 Å². The van der Waals surface area contributed by atoms with E-state index in [-0.39, 0.29) is 12.0 Å². The van der Waals surface area contributed by atoms with E-state index in [0.717, 1.165) is 22.4 Å². The molecule has 0 atom stereocenters. The van der Waals surface area contributed by atoms with Gasteiger partial charge < -0.3 is 24.4 Å². The second kappa shape index (κ2) is 10.2.